The van der Waals surface area contributed by atoms with Crippen molar-refractivity contribution in [3.63, 3.8) is 0 Å². The van der Waals surface area contributed by atoms with Gasteiger partial charge in [-0.05, 0) is 55.3 Å². The average molecular weight is 336 g/mol. The largest absolute Gasteiger partial charge is 0.497 e. The van der Waals surface area contributed by atoms with Gasteiger partial charge < -0.3 is 14.6 Å². The summed E-state index contributed by atoms with van der Waals surface area (Å²) in [6.45, 7) is 4.10. The Morgan fingerprint density at radius 2 is 1.80 bits per heavy atom. The van der Waals surface area contributed by atoms with Gasteiger partial charge >= 0.3 is 0 Å². The average Bonchev–Trinajstić information content (AvgIpc) is 2.56. The summed E-state index contributed by atoms with van der Waals surface area (Å²) in [5, 5.41) is 3.44. The maximum absolute atomic E-state index is 12.4. The van der Waals surface area contributed by atoms with Gasteiger partial charge in [0.1, 0.15) is 12.3 Å². The Morgan fingerprint density at radius 1 is 1.08 bits per heavy atom. The fourth-order valence-electron chi connectivity index (χ4n) is 2.96. The fraction of sp³-hybridized carbons (Fsp3) is 0.200. The van der Waals surface area contributed by atoms with E-state index >= 15 is 0 Å². The Labute approximate surface area is 145 Å². The minimum absolute atomic E-state index is 0.0973. The predicted molar refractivity (Wildman–Crippen MR) is 99.3 cm³/mol. The maximum Gasteiger partial charge on any atom is 0.244 e. The van der Waals surface area contributed by atoms with Crippen LogP contribution >= 0.6 is 0 Å². The van der Waals surface area contributed by atoms with E-state index in [-0.39, 0.29) is 17.9 Å². The lowest BCUT2D eigenvalue weighted by molar-refractivity contribution is -0.116. The van der Waals surface area contributed by atoms with Gasteiger partial charge in [-0.2, -0.15) is 0 Å². The first-order valence-electron chi connectivity index (χ1n) is 8.01. The second kappa shape index (κ2) is 6.81. The molecule has 0 aliphatic rings. The van der Waals surface area contributed by atoms with Crippen LogP contribution in [0, 0.1) is 13.8 Å². The molecule has 0 aliphatic carbocycles. The molecule has 5 heteroatoms. The standard InChI is InChI=1S/C20H20N2O3/c1-13-8-14(2)10-15(9-13)21-20(24)12-22-7-6-19(23)17-11-16(25-3)4-5-18(17)22/h4-11H,12H2,1-3H3,(H,21,24). The lowest BCUT2D eigenvalue weighted by Crippen LogP contribution is -2.20. The zero-order valence-electron chi connectivity index (χ0n) is 14.5. The summed E-state index contributed by atoms with van der Waals surface area (Å²) in [6.07, 6.45) is 1.64. The zero-order chi connectivity index (χ0) is 18.0. The van der Waals surface area contributed by atoms with Crippen LogP contribution in [-0.4, -0.2) is 17.6 Å². The van der Waals surface area contributed by atoms with Crippen molar-refractivity contribution in [1.82, 2.24) is 4.57 Å². The van der Waals surface area contributed by atoms with E-state index < -0.39 is 0 Å². The Bertz CT molecular complexity index is 985. The van der Waals surface area contributed by atoms with Crippen molar-refractivity contribution >= 4 is 22.5 Å². The molecule has 0 saturated carbocycles. The summed E-state index contributed by atoms with van der Waals surface area (Å²) < 4.78 is 6.93. The molecule has 128 valence electrons. The van der Waals surface area contributed by atoms with Crippen molar-refractivity contribution in [2.75, 3.05) is 12.4 Å². The van der Waals surface area contributed by atoms with Crippen LogP contribution in [0.3, 0.4) is 0 Å². The number of nitrogens with one attached hydrogen (secondary N) is 1. The number of hydrogen-bond acceptors (Lipinski definition) is 3. The van der Waals surface area contributed by atoms with Crippen molar-refractivity contribution in [2.24, 2.45) is 0 Å². The lowest BCUT2D eigenvalue weighted by atomic mass is 10.1. The highest BCUT2D eigenvalue weighted by molar-refractivity contribution is 5.92. The highest BCUT2D eigenvalue weighted by Gasteiger charge is 2.09. The van der Waals surface area contributed by atoms with Crippen LogP contribution in [0.15, 0.2) is 53.5 Å². The smallest absolute Gasteiger partial charge is 0.244 e. The molecular formula is C20H20N2O3. The van der Waals surface area contributed by atoms with Gasteiger partial charge in [0.25, 0.3) is 0 Å². The molecule has 0 bridgehead atoms. The number of rotatable bonds is 4. The first-order valence-corrected chi connectivity index (χ1v) is 8.01. The summed E-state index contributed by atoms with van der Waals surface area (Å²) in [4.78, 5) is 24.5. The highest BCUT2D eigenvalue weighted by atomic mass is 16.5. The topological polar surface area (TPSA) is 60.3 Å². The summed E-state index contributed by atoms with van der Waals surface area (Å²) in [5.41, 5.74) is 3.56. The molecule has 1 aromatic heterocycles. The second-order valence-electron chi connectivity index (χ2n) is 6.12. The number of carbonyl (C=O) groups excluding carboxylic acids is 1. The Balaban J connectivity index is 1.88. The molecule has 0 fully saturated rings. The van der Waals surface area contributed by atoms with Crippen LogP contribution < -0.4 is 15.5 Å². The zero-order valence-corrected chi connectivity index (χ0v) is 14.5. The van der Waals surface area contributed by atoms with Gasteiger partial charge in [-0.3, -0.25) is 9.59 Å². The molecule has 0 atom stereocenters. The molecule has 0 saturated heterocycles. The van der Waals surface area contributed by atoms with Crippen molar-refractivity contribution < 1.29 is 9.53 Å². The molecule has 1 amide bonds. The van der Waals surface area contributed by atoms with E-state index in [1.165, 1.54) is 6.07 Å². The number of carbonyl (C=O) groups is 1. The number of aryl methyl sites for hydroxylation is 2. The van der Waals surface area contributed by atoms with Crippen LogP contribution in [0.25, 0.3) is 10.9 Å². The molecule has 0 radical (unpaired) electrons. The Hall–Kier alpha value is -3.08. The summed E-state index contributed by atoms with van der Waals surface area (Å²) >= 11 is 0. The third kappa shape index (κ3) is 3.71. The summed E-state index contributed by atoms with van der Waals surface area (Å²) in [6, 6.07) is 12.6. The van der Waals surface area contributed by atoms with Gasteiger partial charge in [0.15, 0.2) is 5.43 Å². The number of methoxy groups -OCH3 is 1. The van der Waals surface area contributed by atoms with E-state index in [4.69, 9.17) is 4.74 Å². The van der Waals surface area contributed by atoms with Crippen molar-refractivity contribution in [2.45, 2.75) is 20.4 Å². The van der Waals surface area contributed by atoms with E-state index in [9.17, 15) is 9.59 Å². The fourth-order valence-corrected chi connectivity index (χ4v) is 2.96. The van der Waals surface area contributed by atoms with Crippen LogP contribution in [0.2, 0.25) is 0 Å². The first-order chi connectivity index (χ1) is 12.0. The third-order valence-electron chi connectivity index (χ3n) is 4.00. The molecule has 3 rings (SSSR count). The number of anilines is 1. The van der Waals surface area contributed by atoms with E-state index in [2.05, 4.69) is 11.4 Å². The van der Waals surface area contributed by atoms with Gasteiger partial charge in [0, 0.05) is 23.3 Å². The van der Waals surface area contributed by atoms with Gasteiger partial charge in [-0.1, -0.05) is 6.07 Å². The number of aromatic nitrogens is 1. The van der Waals surface area contributed by atoms with Gasteiger partial charge in [-0.25, -0.2) is 0 Å². The van der Waals surface area contributed by atoms with Crippen molar-refractivity contribution in [1.29, 1.82) is 0 Å². The van der Waals surface area contributed by atoms with E-state index in [1.807, 2.05) is 26.0 Å². The molecule has 25 heavy (non-hydrogen) atoms. The van der Waals surface area contributed by atoms with Gasteiger partial charge in [0.05, 0.1) is 12.6 Å². The lowest BCUT2D eigenvalue weighted by Gasteiger charge is -2.12. The first kappa shape index (κ1) is 16.8. The molecule has 0 spiro atoms. The van der Waals surface area contributed by atoms with E-state index in [0.717, 1.165) is 16.8 Å². The molecule has 1 heterocycles. The molecular weight excluding hydrogens is 316 g/mol. The number of fused-ring (bicyclic) bond motifs is 1. The molecule has 2 aromatic carbocycles. The van der Waals surface area contributed by atoms with Crippen molar-refractivity contribution in [3.05, 3.63) is 70.0 Å². The van der Waals surface area contributed by atoms with Crippen LogP contribution in [0.4, 0.5) is 5.69 Å². The third-order valence-corrected chi connectivity index (χ3v) is 4.00. The summed E-state index contributed by atoms with van der Waals surface area (Å²) in [7, 11) is 1.56. The molecule has 5 nitrogen and oxygen atoms in total. The predicted octanol–water partition coefficient (Wildman–Crippen LogP) is 3.27. The van der Waals surface area contributed by atoms with Crippen LogP contribution in [-0.2, 0) is 11.3 Å². The van der Waals surface area contributed by atoms with Crippen molar-refractivity contribution in [3.8, 4) is 5.75 Å². The highest BCUT2D eigenvalue weighted by Crippen LogP contribution is 2.18. The minimum atomic E-state index is -0.147. The van der Waals surface area contributed by atoms with Gasteiger partial charge in [0.2, 0.25) is 5.91 Å². The minimum Gasteiger partial charge on any atom is -0.497 e. The molecule has 0 unspecified atom stereocenters. The number of nitrogens with zero attached hydrogens (tertiary/aromatic N) is 1. The summed E-state index contributed by atoms with van der Waals surface area (Å²) in [5.74, 6) is 0.466. The van der Waals surface area contributed by atoms with E-state index in [0.29, 0.717) is 16.7 Å². The normalized spacial score (nSPS) is 10.7. The number of amides is 1. The van der Waals surface area contributed by atoms with Crippen LogP contribution in [0.1, 0.15) is 11.1 Å². The SMILES string of the molecule is COc1ccc2c(c1)c(=O)ccn2CC(=O)Nc1cc(C)cc(C)c1. The number of hydrogen-bond donors (Lipinski definition) is 1. The molecule has 1 N–H and O–H groups in total. The monoisotopic (exact) mass is 336 g/mol. The molecule has 0 aliphatic heterocycles. The quantitative estimate of drug-likeness (QED) is 0.795. The van der Waals surface area contributed by atoms with E-state index in [1.54, 1.807) is 36.1 Å². The maximum atomic E-state index is 12.4. The number of benzene rings is 2. The number of ether oxygens (including phenoxy) is 1. The number of pyridine rings is 1. The Kier molecular flexibility index (Phi) is 4.57. The second-order valence-corrected chi connectivity index (χ2v) is 6.12. The molecule has 3 aromatic rings. The van der Waals surface area contributed by atoms with Gasteiger partial charge in [-0.15, -0.1) is 0 Å². The van der Waals surface area contributed by atoms with Crippen LogP contribution in [0.5, 0.6) is 5.75 Å². The Morgan fingerprint density at radius 3 is 2.48 bits per heavy atom.